The van der Waals surface area contributed by atoms with Crippen molar-refractivity contribution >= 4 is 40.6 Å². The summed E-state index contributed by atoms with van der Waals surface area (Å²) in [5.74, 6) is -0.966. The van der Waals surface area contributed by atoms with Gasteiger partial charge in [0.05, 0.1) is 0 Å². The lowest BCUT2D eigenvalue weighted by Gasteiger charge is -2.17. The minimum absolute atomic E-state index is 0.271. The quantitative estimate of drug-likeness (QED) is 0.732. The molecule has 6 heteroatoms. The maximum Gasteiger partial charge on any atom is 0.326 e. The van der Waals surface area contributed by atoms with E-state index in [2.05, 4.69) is 10.6 Å². The van der Waals surface area contributed by atoms with E-state index in [1.807, 2.05) is 30.3 Å². The zero-order valence-electron chi connectivity index (χ0n) is 11.6. The summed E-state index contributed by atoms with van der Waals surface area (Å²) in [7, 11) is 0. The predicted molar refractivity (Wildman–Crippen MR) is 92.4 cm³/mol. The second kappa shape index (κ2) is 7.77. The van der Waals surface area contributed by atoms with Crippen LogP contribution in [0.4, 0.5) is 5.69 Å². The molecular formula is C16H15ClN2O2S. The van der Waals surface area contributed by atoms with Gasteiger partial charge in [-0.05, 0) is 42.0 Å². The van der Waals surface area contributed by atoms with Crippen molar-refractivity contribution in [1.29, 1.82) is 0 Å². The van der Waals surface area contributed by atoms with Gasteiger partial charge in [0.25, 0.3) is 0 Å². The van der Waals surface area contributed by atoms with Crippen molar-refractivity contribution in [2.45, 2.75) is 12.5 Å². The van der Waals surface area contributed by atoms with Crippen molar-refractivity contribution in [3.05, 3.63) is 65.2 Å². The molecule has 0 aliphatic carbocycles. The molecule has 2 rings (SSSR count). The van der Waals surface area contributed by atoms with Crippen LogP contribution < -0.4 is 10.6 Å². The lowest BCUT2D eigenvalue weighted by molar-refractivity contribution is -0.139. The third-order valence-electron chi connectivity index (χ3n) is 2.99. The van der Waals surface area contributed by atoms with Gasteiger partial charge in [0, 0.05) is 17.1 Å². The molecular weight excluding hydrogens is 320 g/mol. The normalized spacial score (nSPS) is 11.5. The molecule has 0 amide bonds. The van der Waals surface area contributed by atoms with E-state index in [1.54, 1.807) is 24.3 Å². The Balaban J connectivity index is 1.98. The number of nitrogens with one attached hydrogen (secondary N) is 2. The molecule has 22 heavy (non-hydrogen) atoms. The number of hydrogen-bond acceptors (Lipinski definition) is 2. The molecule has 3 N–H and O–H groups in total. The fraction of sp³-hybridized carbons (Fsp3) is 0.125. The van der Waals surface area contributed by atoms with E-state index in [-0.39, 0.29) is 5.11 Å². The van der Waals surface area contributed by atoms with Gasteiger partial charge in [0.2, 0.25) is 0 Å². The average Bonchev–Trinajstić information content (AvgIpc) is 2.49. The van der Waals surface area contributed by atoms with Crippen LogP contribution in [-0.2, 0) is 11.2 Å². The minimum Gasteiger partial charge on any atom is -0.480 e. The maximum absolute atomic E-state index is 11.4. The summed E-state index contributed by atoms with van der Waals surface area (Å²) in [5, 5.41) is 16.0. The minimum atomic E-state index is -0.966. The van der Waals surface area contributed by atoms with Gasteiger partial charge in [-0.1, -0.05) is 41.9 Å². The summed E-state index contributed by atoms with van der Waals surface area (Å²) in [5.41, 5.74) is 1.67. The number of carbonyl (C=O) groups is 1. The second-order valence-electron chi connectivity index (χ2n) is 4.69. The van der Waals surface area contributed by atoms with Gasteiger partial charge in [0.1, 0.15) is 6.04 Å². The van der Waals surface area contributed by atoms with Crippen LogP contribution in [0, 0.1) is 0 Å². The first-order valence-electron chi connectivity index (χ1n) is 6.64. The monoisotopic (exact) mass is 334 g/mol. The fourth-order valence-electron chi connectivity index (χ4n) is 1.90. The van der Waals surface area contributed by atoms with Gasteiger partial charge in [-0.25, -0.2) is 4.79 Å². The van der Waals surface area contributed by atoms with Crippen molar-refractivity contribution in [3.8, 4) is 0 Å². The van der Waals surface area contributed by atoms with E-state index >= 15 is 0 Å². The Bertz CT molecular complexity index is 647. The maximum atomic E-state index is 11.4. The Labute approximate surface area is 139 Å². The van der Waals surface area contributed by atoms with E-state index < -0.39 is 12.0 Å². The van der Waals surface area contributed by atoms with Crippen LogP contribution in [0.5, 0.6) is 0 Å². The zero-order chi connectivity index (χ0) is 15.9. The molecule has 0 radical (unpaired) electrons. The lowest BCUT2D eigenvalue weighted by Crippen LogP contribution is -2.44. The van der Waals surface area contributed by atoms with Crippen molar-refractivity contribution in [2.75, 3.05) is 5.32 Å². The van der Waals surface area contributed by atoms with E-state index in [9.17, 15) is 9.90 Å². The van der Waals surface area contributed by atoms with Gasteiger partial charge < -0.3 is 15.7 Å². The van der Waals surface area contributed by atoms with Crippen molar-refractivity contribution in [2.24, 2.45) is 0 Å². The average molecular weight is 335 g/mol. The molecule has 1 atom stereocenters. The third-order valence-corrected chi connectivity index (χ3v) is 3.46. The lowest BCUT2D eigenvalue weighted by atomic mass is 10.1. The van der Waals surface area contributed by atoms with E-state index in [1.165, 1.54) is 0 Å². The molecule has 2 aromatic rings. The summed E-state index contributed by atoms with van der Waals surface area (Å²) in [6, 6.07) is 15.6. The number of para-hydroxylation sites is 1. The number of rotatable bonds is 5. The molecule has 0 aliphatic heterocycles. The van der Waals surface area contributed by atoms with Crippen LogP contribution in [0.25, 0.3) is 0 Å². The summed E-state index contributed by atoms with van der Waals surface area (Å²) in [6.45, 7) is 0. The summed E-state index contributed by atoms with van der Waals surface area (Å²) >= 11 is 11.0. The summed E-state index contributed by atoms with van der Waals surface area (Å²) in [6.07, 6.45) is 0.309. The van der Waals surface area contributed by atoms with Crippen LogP contribution in [0.2, 0.25) is 5.02 Å². The van der Waals surface area contributed by atoms with E-state index in [0.717, 1.165) is 11.3 Å². The Morgan fingerprint density at radius 1 is 1.14 bits per heavy atom. The SMILES string of the molecule is O=C(O)C(Cc1ccc(Cl)cc1)NC(=S)Nc1ccccc1. The molecule has 0 aromatic heterocycles. The fourth-order valence-corrected chi connectivity index (χ4v) is 2.29. The Morgan fingerprint density at radius 3 is 2.36 bits per heavy atom. The van der Waals surface area contributed by atoms with E-state index in [0.29, 0.717) is 11.4 Å². The number of anilines is 1. The summed E-state index contributed by atoms with van der Waals surface area (Å²) < 4.78 is 0. The number of halogens is 1. The Hall–Kier alpha value is -2.11. The first-order valence-corrected chi connectivity index (χ1v) is 7.43. The number of carboxylic acid groups (broad SMARTS) is 1. The second-order valence-corrected chi connectivity index (χ2v) is 5.53. The molecule has 0 saturated carbocycles. The molecule has 0 bridgehead atoms. The van der Waals surface area contributed by atoms with E-state index in [4.69, 9.17) is 23.8 Å². The van der Waals surface area contributed by atoms with Gasteiger partial charge >= 0.3 is 5.97 Å². The van der Waals surface area contributed by atoms with Crippen LogP contribution in [0.15, 0.2) is 54.6 Å². The molecule has 0 aliphatic rings. The van der Waals surface area contributed by atoms with Crippen molar-refractivity contribution in [1.82, 2.24) is 5.32 Å². The highest BCUT2D eigenvalue weighted by molar-refractivity contribution is 7.80. The number of carboxylic acids is 1. The third kappa shape index (κ3) is 5.02. The molecule has 2 aromatic carbocycles. The number of thiocarbonyl (C=S) groups is 1. The molecule has 0 heterocycles. The standard InChI is InChI=1S/C16H15ClN2O2S/c17-12-8-6-11(7-9-12)10-14(15(20)21)19-16(22)18-13-4-2-1-3-5-13/h1-9,14H,10H2,(H,20,21)(H2,18,19,22). The number of benzene rings is 2. The highest BCUT2D eigenvalue weighted by Crippen LogP contribution is 2.11. The van der Waals surface area contributed by atoms with Crippen LogP contribution in [0.3, 0.4) is 0 Å². The molecule has 0 spiro atoms. The molecule has 0 saturated heterocycles. The molecule has 0 fully saturated rings. The number of aliphatic carboxylic acids is 1. The van der Waals surface area contributed by atoms with Gasteiger partial charge in [0.15, 0.2) is 5.11 Å². The van der Waals surface area contributed by atoms with Gasteiger partial charge in [-0.15, -0.1) is 0 Å². The molecule has 114 valence electrons. The number of hydrogen-bond donors (Lipinski definition) is 3. The topological polar surface area (TPSA) is 61.4 Å². The smallest absolute Gasteiger partial charge is 0.326 e. The zero-order valence-corrected chi connectivity index (χ0v) is 13.2. The first-order chi connectivity index (χ1) is 10.5. The highest BCUT2D eigenvalue weighted by atomic mass is 35.5. The highest BCUT2D eigenvalue weighted by Gasteiger charge is 2.18. The van der Waals surface area contributed by atoms with Crippen LogP contribution >= 0.6 is 23.8 Å². The Kier molecular flexibility index (Phi) is 5.75. The Morgan fingerprint density at radius 2 is 1.77 bits per heavy atom. The van der Waals surface area contributed by atoms with Gasteiger partial charge in [-0.3, -0.25) is 0 Å². The van der Waals surface area contributed by atoms with Crippen LogP contribution in [-0.4, -0.2) is 22.2 Å². The predicted octanol–water partition coefficient (Wildman–Crippen LogP) is 3.32. The van der Waals surface area contributed by atoms with Gasteiger partial charge in [-0.2, -0.15) is 0 Å². The summed E-state index contributed by atoms with van der Waals surface area (Å²) in [4.78, 5) is 11.4. The first kappa shape index (κ1) is 16.3. The molecule has 1 unspecified atom stereocenters. The van der Waals surface area contributed by atoms with Crippen molar-refractivity contribution in [3.63, 3.8) is 0 Å². The molecule has 4 nitrogen and oxygen atoms in total. The van der Waals surface area contributed by atoms with Crippen molar-refractivity contribution < 1.29 is 9.90 Å². The largest absolute Gasteiger partial charge is 0.480 e. The van der Waals surface area contributed by atoms with Crippen LogP contribution in [0.1, 0.15) is 5.56 Å².